The van der Waals surface area contributed by atoms with Gasteiger partial charge in [0.15, 0.2) is 11.6 Å². The third-order valence-corrected chi connectivity index (χ3v) is 2.88. The van der Waals surface area contributed by atoms with Gasteiger partial charge in [-0.05, 0) is 18.1 Å². The van der Waals surface area contributed by atoms with Gasteiger partial charge in [-0.15, -0.1) is 0 Å². The van der Waals surface area contributed by atoms with Gasteiger partial charge in [0.2, 0.25) is 0 Å². The van der Waals surface area contributed by atoms with Crippen molar-refractivity contribution < 1.29 is 0 Å². The predicted molar refractivity (Wildman–Crippen MR) is 68.5 cm³/mol. The van der Waals surface area contributed by atoms with E-state index in [2.05, 4.69) is 27.1 Å². The van der Waals surface area contributed by atoms with Gasteiger partial charge in [-0.1, -0.05) is 30.3 Å². The summed E-state index contributed by atoms with van der Waals surface area (Å²) in [6.07, 6.45) is 1.84. The molecule has 17 heavy (non-hydrogen) atoms. The topological polar surface area (TPSA) is 67.6 Å². The summed E-state index contributed by atoms with van der Waals surface area (Å²) < 4.78 is 0. The molecule has 0 aliphatic carbocycles. The maximum absolute atomic E-state index is 5.64. The zero-order valence-corrected chi connectivity index (χ0v) is 9.44. The first-order valence-electron chi connectivity index (χ1n) is 5.42. The van der Waals surface area contributed by atoms with Crippen molar-refractivity contribution in [1.82, 2.24) is 15.0 Å². The van der Waals surface area contributed by atoms with Crippen molar-refractivity contribution >= 4 is 17.1 Å². The fraction of sp³-hybridized carbons (Fsp3) is 0.0769. The van der Waals surface area contributed by atoms with Crippen molar-refractivity contribution in [1.29, 1.82) is 0 Å². The van der Waals surface area contributed by atoms with Crippen LogP contribution in [0.5, 0.6) is 0 Å². The SMILES string of the molecule is Cc1c(-c2ccccc2)cnc2nc(N)[nH]c12. The van der Waals surface area contributed by atoms with Crippen molar-refractivity contribution in [2.45, 2.75) is 6.92 Å². The van der Waals surface area contributed by atoms with E-state index >= 15 is 0 Å². The van der Waals surface area contributed by atoms with Crippen LogP contribution in [-0.2, 0) is 0 Å². The average Bonchev–Trinajstić information content (AvgIpc) is 2.72. The second-order valence-electron chi connectivity index (χ2n) is 3.98. The monoisotopic (exact) mass is 224 g/mol. The van der Waals surface area contributed by atoms with E-state index in [4.69, 9.17) is 5.73 Å². The number of imidazole rings is 1. The second kappa shape index (κ2) is 3.59. The minimum absolute atomic E-state index is 0.404. The molecule has 4 heteroatoms. The van der Waals surface area contributed by atoms with Crippen LogP contribution in [-0.4, -0.2) is 15.0 Å². The first kappa shape index (κ1) is 9.84. The molecule has 0 aliphatic heterocycles. The van der Waals surface area contributed by atoms with Gasteiger partial charge in [-0.3, -0.25) is 0 Å². The van der Waals surface area contributed by atoms with Gasteiger partial charge in [0, 0.05) is 11.8 Å². The molecular formula is C13H12N4. The molecule has 0 aliphatic rings. The van der Waals surface area contributed by atoms with Gasteiger partial charge in [-0.2, -0.15) is 4.98 Å². The van der Waals surface area contributed by atoms with Gasteiger partial charge in [0.05, 0.1) is 5.52 Å². The van der Waals surface area contributed by atoms with Crippen LogP contribution in [0, 0.1) is 6.92 Å². The molecule has 3 aromatic rings. The summed E-state index contributed by atoms with van der Waals surface area (Å²) in [5, 5.41) is 0. The lowest BCUT2D eigenvalue weighted by molar-refractivity contribution is 1.31. The Hall–Kier alpha value is -2.36. The van der Waals surface area contributed by atoms with E-state index < -0.39 is 0 Å². The summed E-state index contributed by atoms with van der Waals surface area (Å²) in [7, 11) is 0. The number of nitrogens with two attached hydrogens (primary N) is 1. The van der Waals surface area contributed by atoms with Gasteiger partial charge in [-0.25, -0.2) is 4.98 Å². The Morgan fingerprint density at radius 2 is 1.94 bits per heavy atom. The lowest BCUT2D eigenvalue weighted by atomic mass is 10.0. The number of nitrogen functional groups attached to an aromatic ring is 1. The molecule has 4 nitrogen and oxygen atoms in total. The van der Waals surface area contributed by atoms with Crippen molar-refractivity contribution in [2.75, 3.05) is 5.73 Å². The van der Waals surface area contributed by atoms with Crippen LogP contribution in [0.15, 0.2) is 36.5 Å². The number of aromatic nitrogens is 3. The second-order valence-corrected chi connectivity index (χ2v) is 3.98. The molecule has 0 amide bonds. The van der Waals surface area contributed by atoms with E-state index in [1.54, 1.807) is 0 Å². The number of aromatic amines is 1. The summed E-state index contributed by atoms with van der Waals surface area (Å²) >= 11 is 0. The van der Waals surface area contributed by atoms with Gasteiger partial charge in [0.25, 0.3) is 0 Å². The number of hydrogen-bond donors (Lipinski definition) is 2. The van der Waals surface area contributed by atoms with Crippen LogP contribution in [0.1, 0.15) is 5.56 Å². The Balaban J connectivity index is 2.28. The van der Waals surface area contributed by atoms with Gasteiger partial charge in [0.1, 0.15) is 0 Å². The number of fused-ring (bicyclic) bond motifs is 1. The Morgan fingerprint density at radius 3 is 2.71 bits per heavy atom. The maximum atomic E-state index is 5.64. The third-order valence-electron chi connectivity index (χ3n) is 2.88. The number of anilines is 1. The average molecular weight is 224 g/mol. The van der Waals surface area contributed by atoms with Crippen LogP contribution in [0.3, 0.4) is 0 Å². The number of hydrogen-bond acceptors (Lipinski definition) is 3. The number of H-pyrrole nitrogens is 1. The number of benzene rings is 1. The highest BCUT2D eigenvalue weighted by Gasteiger charge is 2.09. The maximum Gasteiger partial charge on any atom is 0.200 e. The lowest BCUT2D eigenvalue weighted by Crippen LogP contribution is -1.88. The van der Waals surface area contributed by atoms with Crippen LogP contribution in [0.25, 0.3) is 22.3 Å². The van der Waals surface area contributed by atoms with Crippen LogP contribution in [0.4, 0.5) is 5.95 Å². The molecular weight excluding hydrogens is 212 g/mol. The van der Waals surface area contributed by atoms with E-state index in [0.29, 0.717) is 11.6 Å². The summed E-state index contributed by atoms with van der Waals surface area (Å²) in [5.41, 5.74) is 10.6. The first-order chi connectivity index (χ1) is 8.25. The van der Waals surface area contributed by atoms with Crippen LogP contribution in [0.2, 0.25) is 0 Å². The standard InChI is InChI=1S/C13H12N4/c1-8-10(9-5-3-2-4-6-9)7-15-12-11(8)16-13(14)17-12/h2-7H,1H3,(H3,14,15,16,17). The van der Waals surface area contributed by atoms with E-state index in [0.717, 1.165) is 22.2 Å². The number of pyridine rings is 1. The Labute approximate surface area is 98.5 Å². The largest absolute Gasteiger partial charge is 0.369 e. The predicted octanol–water partition coefficient (Wildman–Crippen LogP) is 2.52. The molecule has 0 spiro atoms. The quantitative estimate of drug-likeness (QED) is 0.667. The van der Waals surface area contributed by atoms with Gasteiger partial charge >= 0.3 is 0 Å². The van der Waals surface area contributed by atoms with Crippen LogP contribution >= 0.6 is 0 Å². The molecule has 2 heterocycles. The zero-order valence-electron chi connectivity index (χ0n) is 9.44. The highest BCUT2D eigenvalue weighted by atomic mass is 15.1. The van der Waals surface area contributed by atoms with E-state index in [1.807, 2.05) is 31.3 Å². The number of nitrogens with one attached hydrogen (secondary N) is 1. The van der Waals surface area contributed by atoms with Gasteiger partial charge < -0.3 is 10.7 Å². The number of aryl methyl sites for hydroxylation is 1. The molecule has 0 unspecified atom stereocenters. The molecule has 3 rings (SSSR count). The minimum Gasteiger partial charge on any atom is -0.369 e. The molecule has 0 atom stereocenters. The minimum atomic E-state index is 0.404. The summed E-state index contributed by atoms with van der Waals surface area (Å²) in [5.74, 6) is 0.404. The van der Waals surface area contributed by atoms with E-state index in [9.17, 15) is 0 Å². The third kappa shape index (κ3) is 1.54. The highest BCUT2D eigenvalue weighted by molar-refractivity contribution is 5.84. The fourth-order valence-electron chi connectivity index (χ4n) is 2.00. The highest BCUT2D eigenvalue weighted by Crippen LogP contribution is 2.26. The Kier molecular flexibility index (Phi) is 2.08. The molecule has 2 aromatic heterocycles. The molecule has 1 aromatic carbocycles. The molecule has 0 saturated carbocycles. The number of nitrogens with zero attached hydrogens (tertiary/aromatic N) is 2. The van der Waals surface area contributed by atoms with Crippen molar-refractivity contribution in [3.63, 3.8) is 0 Å². The smallest absolute Gasteiger partial charge is 0.200 e. The van der Waals surface area contributed by atoms with Crippen molar-refractivity contribution in [3.8, 4) is 11.1 Å². The summed E-state index contributed by atoms with van der Waals surface area (Å²) in [6, 6.07) is 10.2. The van der Waals surface area contributed by atoms with Crippen molar-refractivity contribution in [3.05, 3.63) is 42.1 Å². The Morgan fingerprint density at radius 1 is 1.18 bits per heavy atom. The Bertz CT molecular complexity index is 670. The molecule has 0 bridgehead atoms. The molecule has 0 saturated heterocycles. The normalized spacial score (nSPS) is 10.9. The molecule has 3 N–H and O–H groups in total. The van der Waals surface area contributed by atoms with E-state index in [-0.39, 0.29) is 0 Å². The molecule has 0 fully saturated rings. The molecule has 84 valence electrons. The summed E-state index contributed by atoms with van der Waals surface area (Å²) in [6.45, 7) is 2.05. The van der Waals surface area contributed by atoms with Crippen LogP contribution < -0.4 is 5.73 Å². The summed E-state index contributed by atoms with van der Waals surface area (Å²) in [4.78, 5) is 11.5. The first-order valence-corrected chi connectivity index (χ1v) is 5.42. The number of rotatable bonds is 1. The fourth-order valence-corrected chi connectivity index (χ4v) is 2.00. The van der Waals surface area contributed by atoms with E-state index in [1.165, 1.54) is 0 Å². The lowest BCUT2D eigenvalue weighted by Gasteiger charge is -2.05. The van der Waals surface area contributed by atoms with Crippen molar-refractivity contribution in [2.24, 2.45) is 0 Å². The zero-order chi connectivity index (χ0) is 11.8. The molecule has 0 radical (unpaired) electrons.